The van der Waals surface area contributed by atoms with Crippen LogP contribution >= 0.6 is 0 Å². The molecule has 2 nitrogen and oxygen atoms in total. The molecule has 0 spiro atoms. The topological polar surface area (TPSA) is 22.1 Å². The minimum absolute atomic E-state index is 0.158. The van der Waals surface area contributed by atoms with Crippen LogP contribution in [0.1, 0.15) is 24.5 Å². The van der Waals surface area contributed by atoms with Gasteiger partial charge in [0.1, 0.15) is 5.60 Å². The van der Waals surface area contributed by atoms with Crippen LogP contribution in [0.4, 0.5) is 13.2 Å². The zero-order valence-corrected chi connectivity index (χ0v) is 14.0. The summed E-state index contributed by atoms with van der Waals surface area (Å²) in [6, 6.07) is 11.2. The zero-order valence-electron chi connectivity index (χ0n) is 14.0. The quantitative estimate of drug-likeness (QED) is 0.712. The van der Waals surface area contributed by atoms with E-state index in [2.05, 4.69) is 9.72 Å². The number of rotatable bonds is 3. The van der Waals surface area contributed by atoms with Crippen LogP contribution in [0.2, 0.25) is 0 Å². The van der Waals surface area contributed by atoms with E-state index >= 15 is 0 Å². The third-order valence-electron chi connectivity index (χ3n) is 4.20. The van der Waals surface area contributed by atoms with Gasteiger partial charge in [0.25, 0.3) is 0 Å². The summed E-state index contributed by atoms with van der Waals surface area (Å²) >= 11 is 0. The number of aromatic nitrogens is 1. The number of aryl methyl sites for hydroxylation is 1. The van der Waals surface area contributed by atoms with E-state index in [9.17, 15) is 13.2 Å². The fourth-order valence-corrected chi connectivity index (χ4v) is 3.04. The van der Waals surface area contributed by atoms with E-state index in [0.717, 1.165) is 16.8 Å². The van der Waals surface area contributed by atoms with Crippen molar-refractivity contribution in [2.24, 2.45) is 0 Å². The lowest BCUT2D eigenvalue weighted by molar-refractivity contribution is -0.353. The Hall–Kier alpha value is -2.40. The highest BCUT2D eigenvalue weighted by Crippen LogP contribution is 2.41. The number of benzene rings is 1. The van der Waals surface area contributed by atoms with Gasteiger partial charge in [-0.15, -0.1) is 13.2 Å². The van der Waals surface area contributed by atoms with Crippen molar-refractivity contribution < 1.29 is 17.9 Å². The standard InChI is InChI=1S/C20H18F3NO/c1-14-9-11-24-18(12-14)16-7-5-6-15(13-16)17-8-3-4-10-19(17,2)25-20(21,22)23/h3-9,11-13H,10H2,1-2H3. The van der Waals surface area contributed by atoms with Gasteiger partial charge in [-0.05, 0) is 55.2 Å². The molecule has 130 valence electrons. The molecule has 1 aliphatic carbocycles. The Morgan fingerprint density at radius 2 is 1.88 bits per heavy atom. The van der Waals surface area contributed by atoms with Crippen molar-refractivity contribution in [1.29, 1.82) is 0 Å². The van der Waals surface area contributed by atoms with Crippen LogP contribution in [0, 0.1) is 6.92 Å². The van der Waals surface area contributed by atoms with Crippen molar-refractivity contribution in [3.63, 3.8) is 0 Å². The predicted molar refractivity (Wildman–Crippen MR) is 91.7 cm³/mol. The van der Waals surface area contributed by atoms with Crippen LogP contribution < -0.4 is 0 Å². The molecule has 25 heavy (non-hydrogen) atoms. The Bertz CT molecular complexity index is 839. The predicted octanol–water partition coefficient (Wildman–Crippen LogP) is 5.70. The second kappa shape index (κ2) is 6.48. The number of nitrogens with zero attached hydrogens (tertiary/aromatic N) is 1. The first-order valence-electron chi connectivity index (χ1n) is 7.94. The number of hydrogen-bond acceptors (Lipinski definition) is 2. The average Bonchev–Trinajstić information content (AvgIpc) is 2.53. The summed E-state index contributed by atoms with van der Waals surface area (Å²) in [5.41, 5.74) is 2.45. The molecular weight excluding hydrogens is 327 g/mol. The molecule has 0 saturated heterocycles. The van der Waals surface area contributed by atoms with Crippen molar-refractivity contribution in [2.75, 3.05) is 0 Å². The van der Waals surface area contributed by atoms with Gasteiger partial charge >= 0.3 is 6.36 Å². The van der Waals surface area contributed by atoms with Crippen molar-refractivity contribution in [3.8, 4) is 11.3 Å². The lowest BCUT2D eigenvalue weighted by Gasteiger charge is -2.34. The molecule has 1 atom stereocenters. The van der Waals surface area contributed by atoms with Gasteiger partial charge in [-0.3, -0.25) is 9.72 Å². The van der Waals surface area contributed by atoms with E-state index in [4.69, 9.17) is 0 Å². The molecule has 1 aromatic heterocycles. The van der Waals surface area contributed by atoms with Crippen molar-refractivity contribution in [1.82, 2.24) is 4.98 Å². The van der Waals surface area contributed by atoms with Gasteiger partial charge in [-0.2, -0.15) is 0 Å². The van der Waals surface area contributed by atoms with Gasteiger partial charge < -0.3 is 0 Å². The van der Waals surface area contributed by atoms with E-state index in [-0.39, 0.29) is 6.42 Å². The van der Waals surface area contributed by atoms with Crippen LogP contribution in [-0.2, 0) is 4.74 Å². The number of halogens is 3. The highest BCUT2D eigenvalue weighted by Gasteiger charge is 2.43. The summed E-state index contributed by atoms with van der Waals surface area (Å²) < 4.78 is 43.1. The third-order valence-corrected chi connectivity index (χ3v) is 4.20. The van der Waals surface area contributed by atoms with Gasteiger partial charge in [0.2, 0.25) is 0 Å². The molecule has 1 unspecified atom stereocenters. The molecule has 2 aromatic rings. The Balaban J connectivity index is 2.01. The molecule has 0 radical (unpaired) electrons. The molecule has 1 aromatic carbocycles. The lowest BCUT2D eigenvalue weighted by atomic mass is 9.83. The summed E-state index contributed by atoms with van der Waals surface area (Å²) in [5, 5.41) is 0. The molecule has 1 aliphatic rings. The molecule has 0 saturated carbocycles. The van der Waals surface area contributed by atoms with Gasteiger partial charge in [0.15, 0.2) is 0 Å². The lowest BCUT2D eigenvalue weighted by Crippen LogP contribution is -2.37. The number of ether oxygens (including phenoxy) is 1. The number of pyridine rings is 1. The summed E-state index contributed by atoms with van der Waals surface area (Å²) in [6.45, 7) is 3.44. The van der Waals surface area contributed by atoms with Crippen molar-refractivity contribution in [2.45, 2.75) is 32.2 Å². The largest absolute Gasteiger partial charge is 0.523 e. The minimum atomic E-state index is -4.70. The Kier molecular flexibility index (Phi) is 4.52. The summed E-state index contributed by atoms with van der Waals surface area (Å²) in [5.74, 6) is 0. The molecule has 0 N–H and O–H groups in total. The SMILES string of the molecule is Cc1ccnc(-c2cccc(C3=CC=CCC3(C)OC(F)(F)F)c2)c1. The average molecular weight is 345 g/mol. The summed E-state index contributed by atoms with van der Waals surface area (Å²) in [6.07, 6.45) is 2.30. The number of alkyl halides is 3. The van der Waals surface area contributed by atoms with E-state index in [1.807, 2.05) is 37.3 Å². The second-order valence-electron chi connectivity index (χ2n) is 6.29. The zero-order chi connectivity index (χ0) is 18.1. The maximum Gasteiger partial charge on any atom is 0.523 e. The normalized spacial score (nSPS) is 20.4. The fraction of sp³-hybridized carbons (Fsp3) is 0.250. The number of allylic oxidation sites excluding steroid dienone is 2. The first kappa shape index (κ1) is 17.4. The molecular formula is C20H18F3NO. The monoisotopic (exact) mass is 345 g/mol. The van der Waals surface area contributed by atoms with Crippen LogP contribution in [0.25, 0.3) is 16.8 Å². The molecule has 0 bridgehead atoms. The summed E-state index contributed by atoms with van der Waals surface area (Å²) in [4.78, 5) is 4.35. The maximum atomic E-state index is 12.9. The van der Waals surface area contributed by atoms with Crippen LogP contribution in [0.15, 0.2) is 60.8 Å². The number of hydrogen-bond donors (Lipinski definition) is 0. The Labute approximate surface area is 144 Å². The highest BCUT2D eigenvalue weighted by molar-refractivity contribution is 5.77. The summed E-state index contributed by atoms with van der Waals surface area (Å²) in [7, 11) is 0. The maximum absolute atomic E-state index is 12.9. The Morgan fingerprint density at radius 3 is 2.60 bits per heavy atom. The first-order valence-corrected chi connectivity index (χ1v) is 7.94. The molecule has 5 heteroatoms. The van der Waals surface area contributed by atoms with E-state index in [0.29, 0.717) is 11.1 Å². The minimum Gasteiger partial charge on any atom is -0.280 e. The molecule has 0 amide bonds. The third kappa shape index (κ3) is 3.99. The first-order chi connectivity index (χ1) is 11.8. The highest BCUT2D eigenvalue weighted by atomic mass is 19.4. The molecule has 1 heterocycles. The van der Waals surface area contributed by atoms with Crippen molar-refractivity contribution in [3.05, 3.63) is 72.0 Å². The molecule has 3 rings (SSSR count). The van der Waals surface area contributed by atoms with E-state index in [1.54, 1.807) is 30.5 Å². The van der Waals surface area contributed by atoms with E-state index in [1.165, 1.54) is 6.92 Å². The van der Waals surface area contributed by atoms with Crippen LogP contribution in [-0.4, -0.2) is 16.9 Å². The van der Waals surface area contributed by atoms with Gasteiger partial charge in [0.05, 0.1) is 5.69 Å². The van der Waals surface area contributed by atoms with Gasteiger partial charge in [0, 0.05) is 11.8 Å². The van der Waals surface area contributed by atoms with Crippen LogP contribution in [0.5, 0.6) is 0 Å². The second-order valence-corrected chi connectivity index (χ2v) is 6.29. The van der Waals surface area contributed by atoms with Gasteiger partial charge in [-0.25, -0.2) is 0 Å². The fourth-order valence-electron chi connectivity index (χ4n) is 3.04. The van der Waals surface area contributed by atoms with Gasteiger partial charge in [-0.1, -0.05) is 36.4 Å². The van der Waals surface area contributed by atoms with Crippen molar-refractivity contribution >= 4 is 5.57 Å². The smallest absolute Gasteiger partial charge is 0.280 e. The Morgan fingerprint density at radius 1 is 1.12 bits per heavy atom. The van der Waals surface area contributed by atoms with E-state index < -0.39 is 12.0 Å². The molecule has 0 fully saturated rings. The van der Waals surface area contributed by atoms with Crippen LogP contribution in [0.3, 0.4) is 0 Å². The molecule has 0 aliphatic heterocycles.